The summed E-state index contributed by atoms with van der Waals surface area (Å²) in [7, 11) is 0. The second-order valence-electron chi connectivity index (χ2n) is 10.6. The lowest BCUT2D eigenvalue weighted by Gasteiger charge is -2.44. The van der Waals surface area contributed by atoms with Crippen molar-refractivity contribution in [3.05, 3.63) is 35.9 Å². The number of rotatable bonds is 8. The van der Waals surface area contributed by atoms with Crippen molar-refractivity contribution >= 4 is 17.7 Å². The molecule has 5 nitrogen and oxygen atoms in total. The molecule has 3 rings (SSSR count). The van der Waals surface area contributed by atoms with E-state index in [2.05, 4.69) is 45.0 Å². The Morgan fingerprint density at radius 2 is 1.85 bits per heavy atom. The van der Waals surface area contributed by atoms with Crippen molar-refractivity contribution in [2.75, 3.05) is 6.61 Å². The van der Waals surface area contributed by atoms with Crippen LogP contribution in [-0.2, 0) is 29.3 Å². The van der Waals surface area contributed by atoms with Crippen LogP contribution in [0.15, 0.2) is 30.3 Å². The highest BCUT2D eigenvalue weighted by Crippen LogP contribution is 2.44. The summed E-state index contributed by atoms with van der Waals surface area (Å²) in [4.78, 5) is 38.5. The van der Waals surface area contributed by atoms with Gasteiger partial charge in [-0.1, -0.05) is 63.9 Å². The standard InChI is InChI=1S/C28H40O5/c1-5-32-26(31)28(17-10-9-13-24(28)29)18-16-25(30)33-23-19-20(2)14-15-22(23)27(3,4)21-11-7-6-8-12-21/h6-8,11-12,20,22-23H,5,9-10,13-19H2,1-4H3/t20-,22-,23-,28?/m1/s1. The number of esters is 2. The predicted molar refractivity (Wildman–Crippen MR) is 128 cm³/mol. The maximum absolute atomic E-state index is 13.0. The number of carbonyl (C=O) groups excluding carboxylic acids is 3. The molecule has 0 radical (unpaired) electrons. The van der Waals surface area contributed by atoms with Crippen LogP contribution in [-0.4, -0.2) is 30.4 Å². The Labute approximate surface area is 198 Å². The van der Waals surface area contributed by atoms with Crippen LogP contribution in [0.2, 0.25) is 0 Å². The Bertz CT molecular complexity index is 830. The number of ketones is 1. The highest BCUT2D eigenvalue weighted by atomic mass is 16.5. The maximum atomic E-state index is 13.0. The normalized spacial score (nSPS) is 28.2. The minimum Gasteiger partial charge on any atom is -0.465 e. The third kappa shape index (κ3) is 5.67. The zero-order chi connectivity index (χ0) is 24.1. The molecule has 2 saturated carbocycles. The molecule has 5 heteroatoms. The summed E-state index contributed by atoms with van der Waals surface area (Å²) < 4.78 is 11.3. The van der Waals surface area contributed by atoms with Gasteiger partial charge >= 0.3 is 11.9 Å². The van der Waals surface area contributed by atoms with Crippen LogP contribution in [0, 0.1) is 17.3 Å². The topological polar surface area (TPSA) is 69.7 Å². The highest BCUT2D eigenvalue weighted by molar-refractivity contribution is 6.04. The van der Waals surface area contributed by atoms with E-state index in [4.69, 9.17) is 9.47 Å². The largest absolute Gasteiger partial charge is 0.465 e. The maximum Gasteiger partial charge on any atom is 0.319 e. The van der Waals surface area contributed by atoms with E-state index in [9.17, 15) is 14.4 Å². The zero-order valence-corrected chi connectivity index (χ0v) is 20.7. The molecular weight excluding hydrogens is 416 g/mol. The van der Waals surface area contributed by atoms with Gasteiger partial charge in [0.25, 0.3) is 0 Å². The summed E-state index contributed by atoms with van der Waals surface area (Å²) in [6, 6.07) is 10.4. The van der Waals surface area contributed by atoms with Gasteiger partial charge in [-0.25, -0.2) is 0 Å². The number of hydrogen-bond donors (Lipinski definition) is 0. The molecule has 33 heavy (non-hydrogen) atoms. The quantitative estimate of drug-likeness (QED) is 0.366. The van der Waals surface area contributed by atoms with Crippen molar-refractivity contribution in [2.45, 2.75) is 97.0 Å². The molecule has 1 unspecified atom stereocenters. The van der Waals surface area contributed by atoms with E-state index < -0.39 is 11.4 Å². The Morgan fingerprint density at radius 3 is 2.52 bits per heavy atom. The van der Waals surface area contributed by atoms with E-state index in [1.165, 1.54) is 5.56 Å². The molecule has 0 bridgehead atoms. The van der Waals surface area contributed by atoms with Crippen LogP contribution >= 0.6 is 0 Å². The molecular formula is C28H40O5. The average molecular weight is 457 g/mol. The summed E-state index contributed by atoms with van der Waals surface area (Å²) >= 11 is 0. The van der Waals surface area contributed by atoms with E-state index >= 15 is 0 Å². The van der Waals surface area contributed by atoms with Gasteiger partial charge in [0.1, 0.15) is 17.3 Å². The first kappa shape index (κ1) is 25.5. The first-order valence-corrected chi connectivity index (χ1v) is 12.7. The smallest absolute Gasteiger partial charge is 0.319 e. The molecule has 0 aromatic heterocycles. The van der Waals surface area contributed by atoms with Gasteiger partial charge in [0, 0.05) is 18.8 Å². The molecule has 1 aromatic rings. The monoisotopic (exact) mass is 456 g/mol. The zero-order valence-electron chi connectivity index (χ0n) is 20.7. The molecule has 2 aliphatic rings. The molecule has 4 atom stereocenters. The molecule has 0 spiro atoms. The number of Topliss-reactive ketones (excluding diaryl/α,β-unsaturated/α-hetero) is 1. The molecule has 0 aliphatic heterocycles. The molecule has 2 aliphatic carbocycles. The van der Waals surface area contributed by atoms with E-state index in [1.807, 2.05) is 6.07 Å². The molecule has 0 amide bonds. The van der Waals surface area contributed by atoms with Crippen molar-refractivity contribution in [2.24, 2.45) is 17.3 Å². The van der Waals surface area contributed by atoms with Gasteiger partial charge in [-0.2, -0.15) is 0 Å². The lowest BCUT2D eigenvalue weighted by Crippen LogP contribution is -2.45. The molecule has 0 heterocycles. The Morgan fingerprint density at radius 1 is 1.12 bits per heavy atom. The van der Waals surface area contributed by atoms with Crippen molar-refractivity contribution in [1.82, 2.24) is 0 Å². The van der Waals surface area contributed by atoms with E-state index in [-0.39, 0.29) is 48.6 Å². The fourth-order valence-electron chi connectivity index (χ4n) is 5.85. The molecule has 0 saturated heterocycles. The van der Waals surface area contributed by atoms with Crippen molar-refractivity contribution in [3.63, 3.8) is 0 Å². The number of benzene rings is 1. The minimum atomic E-state index is -1.18. The van der Waals surface area contributed by atoms with Crippen molar-refractivity contribution in [3.8, 4) is 0 Å². The van der Waals surface area contributed by atoms with Gasteiger partial charge in [0.2, 0.25) is 0 Å². The van der Waals surface area contributed by atoms with E-state index in [0.29, 0.717) is 18.8 Å². The van der Waals surface area contributed by atoms with Crippen molar-refractivity contribution < 1.29 is 23.9 Å². The number of hydrogen-bond acceptors (Lipinski definition) is 5. The average Bonchev–Trinajstić information content (AvgIpc) is 2.79. The lowest BCUT2D eigenvalue weighted by atomic mass is 9.64. The van der Waals surface area contributed by atoms with E-state index in [0.717, 1.165) is 32.1 Å². The van der Waals surface area contributed by atoms with Gasteiger partial charge in [0.15, 0.2) is 0 Å². The first-order valence-electron chi connectivity index (χ1n) is 12.7. The van der Waals surface area contributed by atoms with Gasteiger partial charge in [-0.05, 0) is 55.9 Å². The second-order valence-corrected chi connectivity index (χ2v) is 10.6. The lowest BCUT2D eigenvalue weighted by molar-refractivity contribution is -0.165. The molecule has 182 valence electrons. The minimum absolute atomic E-state index is 0.0634. The summed E-state index contributed by atoms with van der Waals surface area (Å²) in [5, 5.41) is 0. The molecule has 1 aromatic carbocycles. The van der Waals surface area contributed by atoms with Crippen LogP contribution in [0.3, 0.4) is 0 Å². The van der Waals surface area contributed by atoms with Gasteiger partial charge in [-0.15, -0.1) is 0 Å². The van der Waals surface area contributed by atoms with Gasteiger partial charge in [-0.3, -0.25) is 14.4 Å². The van der Waals surface area contributed by atoms with Gasteiger partial charge in [0.05, 0.1) is 6.61 Å². The van der Waals surface area contributed by atoms with Gasteiger partial charge < -0.3 is 9.47 Å². The van der Waals surface area contributed by atoms with Crippen LogP contribution in [0.25, 0.3) is 0 Å². The number of ether oxygens (including phenoxy) is 2. The Balaban J connectivity index is 1.71. The van der Waals surface area contributed by atoms with Crippen LogP contribution in [0.4, 0.5) is 0 Å². The molecule has 2 fully saturated rings. The summed E-state index contributed by atoms with van der Waals surface area (Å²) in [5.74, 6) is -0.164. The SMILES string of the molecule is CCOC(=O)C1(CCC(=O)O[C@@H]2C[C@H](C)CC[C@H]2C(C)(C)c2ccccc2)CCCCC1=O. The van der Waals surface area contributed by atoms with Crippen molar-refractivity contribution in [1.29, 1.82) is 0 Å². The molecule has 0 N–H and O–H groups in total. The van der Waals surface area contributed by atoms with Crippen LogP contribution in [0.5, 0.6) is 0 Å². The first-order chi connectivity index (χ1) is 15.7. The highest BCUT2D eigenvalue weighted by Gasteiger charge is 2.48. The van der Waals surface area contributed by atoms with E-state index in [1.54, 1.807) is 6.92 Å². The Hall–Kier alpha value is -2.17. The summed E-state index contributed by atoms with van der Waals surface area (Å²) in [5.41, 5.74) is -0.0621. The fraction of sp³-hybridized carbons (Fsp3) is 0.679. The Kier molecular flexibility index (Phi) is 8.36. The summed E-state index contributed by atoms with van der Waals surface area (Å²) in [6.45, 7) is 8.66. The summed E-state index contributed by atoms with van der Waals surface area (Å²) in [6.07, 6.45) is 5.47. The van der Waals surface area contributed by atoms with Crippen LogP contribution in [0.1, 0.15) is 91.0 Å². The van der Waals surface area contributed by atoms with Crippen LogP contribution < -0.4 is 0 Å². The third-order valence-corrected chi connectivity index (χ3v) is 7.99. The second kappa shape index (κ2) is 10.8. The third-order valence-electron chi connectivity index (χ3n) is 7.99. The predicted octanol–water partition coefficient (Wildman–Crippen LogP) is 5.79. The fourth-order valence-corrected chi connectivity index (χ4v) is 5.85. The number of carbonyl (C=O) groups is 3.